The van der Waals surface area contributed by atoms with E-state index in [1.54, 1.807) is 24.3 Å². The maximum Gasteiger partial charge on any atom is 0.244 e. The van der Waals surface area contributed by atoms with Crippen LogP contribution in [0.4, 0.5) is 10.1 Å². The Morgan fingerprint density at radius 2 is 1.55 bits per heavy atom. The molecule has 3 aromatic carbocycles. The highest BCUT2D eigenvalue weighted by molar-refractivity contribution is 7.92. The summed E-state index contributed by atoms with van der Waals surface area (Å²) in [6.45, 7) is 3.73. The third kappa shape index (κ3) is 8.54. The summed E-state index contributed by atoms with van der Waals surface area (Å²) in [5.41, 5.74) is 1.62. The van der Waals surface area contributed by atoms with Gasteiger partial charge in [-0.25, -0.2) is 12.8 Å². The molecule has 0 saturated carbocycles. The van der Waals surface area contributed by atoms with Gasteiger partial charge in [0.15, 0.2) is 0 Å². The number of hydrogen-bond acceptors (Lipinski definition) is 5. The Kier molecular flexibility index (Phi) is 10.7. The molecule has 10 heteroatoms. The number of carbonyl (C=O) groups is 2. The molecule has 1 atom stereocenters. The van der Waals surface area contributed by atoms with Crippen LogP contribution in [0, 0.1) is 11.7 Å². The zero-order chi connectivity index (χ0) is 29.3. The summed E-state index contributed by atoms with van der Waals surface area (Å²) in [5, 5.41) is 2.92. The highest BCUT2D eigenvalue weighted by Gasteiger charge is 2.33. The number of para-hydroxylation sites is 2. The van der Waals surface area contributed by atoms with Gasteiger partial charge >= 0.3 is 0 Å². The van der Waals surface area contributed by atoms with Crippen LogP contribution in [0.1, 0.15) is 25.0 Å². The van der Waals surface area contributed by atoms with E-state index in [0.29, 0.717) is 12.1 Å². The van der Waals surface area contributed by atoms with Gasteiger partial charge in [-0.1, -0.05) is 68.4 Å². The van der Waals surface area contributed by atoms with Crippen molar-refractivity contribution < 1.29 is 27.1 Å². The van der Waals surface area contributed by atoms with Crippen LogP contribution in [0.2, 0.25) is 0 Å². The Balaban J connectivity index is 2.06. The van der Waals surface area contributed by atoms with Gasteiger partial charge in [0, 0.05) is 19.5 Å². The first kappa shape index (κ1) is 30.6. The van der Waals surface area contributed by atoms with Gasteiger partial charge in [0.05, 0.1) is 19.1 Å². The van der Waals surface area contributed by atoms with Crippen LogP contribution in [0.5, 0.6) is 5.75 Å². The van der Waals surface area contributed by atoms with Gasteiger partial charge in [-0.3, -0.25) is 13.9 Å². The van der Waals surface area contributed by atoms with Crippen LogP contribution in [-0.2, 0) is 32.6 Å². The molecular formula is C30H36FN3O5S. The van der Waals surface area contributed by atoms with E-state index >= 15 is 0 Å². The van der Waals surface area contributed by atoms with Crippen LogP contribution in [0.25, 0.3) is 0 Å². The average Bonchev–Trinajstić information content (AvgIpc) is 2.93. The number of ether oxygens (including phenoxy) is 1. The normalized spacial score (nSPS) is 12.1. The molecule has 0 aliphatic carbocycles. The lowest BCUT2D eigenvalue weighted by atomic mass is 10.0. The number of methoxy groups -OCH3 is 1. The van der Waals surface area contributed by atoms with Crippen molar-refractivity contribution in [3.63, 3.8) is 0 Å². The molecule has 0 fully saturated rings. The second-order valence-corrected chi connectivity index (χ2v) is 11.8. The highest BCUT2D eigenvalue weighted by Crippen LogP contribution is 2.30. The minimum absolute atomic E-state index is 0.0325. The summed E-state index contributed by atoms with van der Waals surface area (Å²) in [7, 11) is -2.51. The Bertz CT molecular complexity index is 1380. The van der Waals surface area contributed by atoms with Gasteiger partial charge in [-0.05, 0) is 41.3 Å². The number of nitrogens with zero attached hydrogens (tertiary/aromatic N) is 2. The molecule has 0 aliphatic heterocycles. The van der Waals surface area contributed by atoms with Crippen molar-refractivity contribution in [2.75, 3.05) is 30.8 Å². The predicted octanol–water partition coefficient (Wildman–Crippen LogP) is 4.01. The Morgan fingerprint density at radius 1 is 0.925 bits per heavy atom. The first-order chi connectivity index (χ1) is 19.0. The van der Waals surface area contributed by atoms with Crippen molar-refractivity contribution in [3.8, 4) is 5.75 Å². The van der Waals surface area contributed by atoms with Gasteiger partial charge in [0.2, 0.25) is 21.8 Å². The van der Waals surface area contributed by atoms with E-state index in [1.807, 2.05) is 44.2 Å². The van der Waals surface area contributed by atoms with E-state index in [-0.39, 0.29) is 36.2 Å². The minimum Gasteiger partial charge on any atom is -0.495 e. The van der Waals surface area contributed by atoms with Crippen molar-refractivity contribution in [2.45, 2.75) is 32.9 Å². The molecule has 40 heavy (non-hydrogen) atoms. The number of sulfonamides is 1. The van der Waals surface area contributed by atoms with Crippen molar-refractivity contribution in [1.29, 1.82) is 0 Å². The first-order valence-electron chi connectivity index (χ1n) is 13.0. The van der Waals surface area contributed by atoms with Crippen LogP contribution >= 0.6 is 0 Å². The molecule has 0 radical (unpaired) electrons. The number of amides is 2. The molecule has 2 amide bonds. The molecule has 8 nitrogen and oxygen atoms in total. The van der Waals surface area contributed by atoms with Gasteiger partial charge in [0.1, 0.15) is 24.2 Å². The SMILES string of the molecule is COc1ccccc1N(CC(=O)N(Cc1ccc(F)cc1)[C@@H](Cc1ccccc1)C(=O)NCC(C)C)S(C)(=O)=O. The van der Waals surface area contributed by atoms with Crippen molar-refractivity contribution in [2.24, 2.45) is 5.92 Å². The zero-order valence-corrected chi connectivity index (χ0v) is 24.0. The first-order valence-corrected chi connectivity index (χ1v) is 14.8. The van der Waals surface area contributed by atoms with E-state index < -0.39 is 34.3 Å². The van der Waals surface area contributed by atoms with Crippen molar-refractivity contribution in [1.82, 2.24) is 10.2 Å². The Labute approximate surface area is 235 Å². The minimum atomic E-state index is -3.93. The van der Waals surface area contributed by atoms with E-state index in [2.05, 4.69) is 5.32 Å². The summed E-state index contributed by atoms with van der Waals surface area (Å²) >= 11 is 0. The van der Waals surface area contributed by atoms with Crippen molar-refractivity contribution in [3.05, 3.63) is 95.8 Å². The molecule has 0 unspecified atom stereocenters. The fourth-order valence-corrected chi connectivity index (χ4v) is 5.05. The molecule has 0 saturated heterocycles. The standard InChI is InChI=1S/C30H36FN3O5S/c1-22(2)19-32-30(36)27(18-23-10-6-5-7-11-23)33(20-24-14-16-25(31)17-15-24)29(35)21-34(40(4,37)38)26-12-8-9-13-28(26)39-3/h5-17,22,27H,18-21H2,1-4H3,(H,32,36)/t27-/m0/s1. The number of carbonyl (C=O) groups excluding carboxylic acids is 2. The molecule has 214 valence electrons. The average molecular weight is 570 g/mol. The summed E-state index contributed by atoms with van der Waals surface area (Å²) < 4.78 is 45.8. The molecular weight excluding hydrogens is 533 g/mol. The molecule has 0 aromatic heterocycles. The van der Waals surface area contributed by atoms with Gasteiger partial charge in [0.25, 0.3) is 0 Å². The number of anilines is 1. The van der Waals surface area contributed by atoms with Crippen molar-refractivity contribution >= 4 is 27.5 Å². The van der Waals surface area contributed by atoms with Crippen LogP contribution in [0.15, 0.2) is 78.9 Å². The number of hydrogen-bond donors (Lipinski definition) is 1. The molecule has 1 N–H and O–H groups in total. The molecule has 0 spiro atoms. The van der Waals surface area contributed by atoms with E-state index in [4.69, 9.17) is 4.74 Å². The Morgan fingerprint density at radius 3 is 2.15 bits per heavy atom. The smallest absolute Gasteiger partial charge is 0.244 e. The fourth-order valence-electron chi connectivity index (χ4n) is 4.19. The second kappa shape index (κ2) is 13.9. The summed E-state index contributed by atoms with van der Waals surface area (Å²) in [5.74, 6) is -0.941. The molecule has 3 aromatic rings. The Hall–Kier alpha value is -3.92. The number of halogens is 1. The lowest BCUT2D eigenvalue weighted by molar-refractivity contribution is -0.140. The highest BCUT2D eigenvalue weighted by atomic mass is 32.2. The summed E-state index contributed by atoms with van der Waals surface area (Å²) in [4.78, 5) is 29.0. The zero-order valence-electron chi connectivity index (χ0n) is 23.2. The van der Waals surface area contributed by atoms with E-state index in [0.717, 1.165) is 16.1 Å². The third-order valence-electron chi connectivity index (χ3n) is 6.25. The number of nitrogens with one attached hydrogen (secondary N) is 1. The van der Waals surface area contributed by atoms with E-state index in [1.165, 1.54) is 36.3 Å². The van der Waals surface area contributed by atoms with Gasteiger partial charge in [-0.2, -0.15) is 0 Å². The second-order valence-electron chi connectivity index (χ2n) is 9.93. The molecule has 0 bridgehead atoms. The maximum atomic E-state index is 14.0. The maximum absolute atomic E-state index is 14.0. The van der Waals surface area contributed by atoms with E-state index in [9.17, 15) is 22.4 Å². The third-order valence-corrected chi connectivity index (χ3v) is 7.38. The number of benzene rings is 3. The summed E-state index contributed by atoms with van der Waals surface area (Å²) in [6.07, 6.45) is 1.21. The molecule has 3 rings (SSSR count). The van der Waals surface area contributed by atoms with Crippen LogP contribution in [-0.4, -0.2) is 57.6 Å². The lowest BCUT2D eigenvalue weighted by Gasteiger charge is -2.34. The van der Waals surface area contributed by atoms with Gasteiger partial charge < -0.3 is 15.0 Å². The van der Waals surface area contributed by atoms with Crippen LogP contribution < -0.4 is 14.4 Å². The molecule has 0 heterocycles. The van der Waals surface area contributed by atoms with Crippen LogP contribution in [0.3, 0.4) is 0 Å². The lowest BCUT2D eigenvalue weighted by Crippen LogP contribution is -2.53. The predicted molar refractivity (Wildman–Crippen MR) is 154 cm³/mol. The number of rotatable bonds is 13. The molecule has 0 aliphatic rings. The fraction of sp³-hybridized carbons (Fsp3) is 0.333. The monoisotopic (exact) mass is 569 g/mol. The largest absolute Gasteiger partial charge is 0.495 e. The van der Waals surface area contributed by atoms with Gasteiger partial charge in [-0.15, -0.1) is 0 Å². The topological polar surface area (TPSA) is 96.0 Å². The quantitative estimate of drug-likeness (QED) is 0.336. The summed E-state index contributed by atoms with van der Waals surface area (Å²) in [6, 6.07) is 20.4.